The van der Waals surface area contributed by atoms with Crippen LogP contribution in [-0.4, -0.2) is 26.3 Å². The van der Waals surface area contributed by atoms with Gasteiger partial charge < -0.3 is 5.11 Å². The van der Waals surface area contributed by atoms with E-state index in [1.807, 2.05) is 12.1 Å². The normalized spacial score (nSPS) is 15.3. The van der Waals surface area contributed by atoms with Crippen molar-refractivity contribution >= 4 is 15.7 Å². The van der Waals surface area contributed by atoms with E-state index < -0.39 is 10.0 Å². The van der Waals surface area contributed by atoms with Crippen LogP contribution in [0.3, 0.4) is 0 Å². The first kappa shape index (κ1) is 13.4. The van der Waals surface area contributed by atoms with Crippen molar-refractivity contribution in [1.29, 1.82) is 0 Å². The molecule has 0 spiro atoms. The highest BCUT2D eigenvalue weighted by Gasteiger charge is 2.28. The molecule has 0 unspecified atom stereocenters. The van der Waals surface area contributed by atoms with E-state index in [0.717, 1.165) is 22.4 Å². The number of fused-ring (bicyclic) bond motifs is 1. The molecule has 4 nitrogen and oxygen atoms in total. The summed E-state index contributed by atoms with van der Waals surface area (Å²) in [7, 11) is -3.23. The third-order valence-corrected chi connectivity index (χ3v) is 4.59. The Kier molecular flexibility index (Phi) is 3.38. The van der Waals surface area contributed by atoms with Gasteiger partial charge in [0, 0.05) is 6.54 Å². The lowest BCUT2D eigenvalue weighted by Gasteiger charge is -2.19. The molecule has 5 heteroatoms. The highest BCUT2D eigenvalue weighted by atomic mass is 32.2. The van der Waals surface area contributed by atoms with E-state index in [1.54, 1.807) is 0 Å². The van der Waals surface area contributed by atoms with Gasteiger partial charge in [-0.1, -0.05) is 19.9 Å². The Bertz CT molecular complexity index is 564. The van der Waals surface area contributed by atoms with Crippen LogP contribution in [0.15, 0.2) is 12.1 Å². The van der Waals surface area contributed by atoms with Gasteiger partial charge in [-0.05, 0) is 35.1 Å². The number of sulfonamides is 1. The molecule has 1 aliphatic heterocycles. The van der Waals surface area contributed by atoms with Gasteiger partial charge in [0.1, 0.15) is 0 Å². The van der Waals surface area contributed by atoms with E-state index in [1.165, 1.54) is 10.6 Å². The number of hydrogen-bond donors (Lipinski definition) is 1. The maximum absolute atomic E-state index is 11.7. The molecule has 1 aromatic carbocycles. The Morgan fingerprint density at radius 2 is 2.06 bits per heavy atom. The molecule has 1 heterocycles. The van der Waals surface area contributed by atoms with Crippen molar-refractivity contribution in [3.8, 4) is 0 Å². The molecule has 18 heavy (non-hydrogen) atoms. The van der Waals surface area contributed by atoms with Gasteiger partial charge in [-0.25, -0.2) is 8.42 Å². The van der Waals surface area contributed by atoms with Crippen LogP contribution in [0.2, 0.25) is 0 Å². The molecule has 1 N–H and O–H groups in total. The minimum Gasteiger partial charge on any atom is -0.392 e. The monoisotopic (exact) mass is 269 g/mol. The zero-order valence-electron chi connectivity index (χ0n) is 11.0. The van der Waals surface area contributed by atoms with Crippen molar-refractivity contribution in [2.75, 3.05) is 17.1 Å². The molecular weight excluding hydrogens is 250 g/mol. The van der Waals surface area contributed by atoms with Crippen molar-refractivity contribution in [2.45, 2.75) is 32.8 Å². The zero-order chi connectivity index (χ0) is 13.5. The molecule has 0 bridgehead atoms. The summed E-state index contributed by atoms with van der Waals surface area (Å²) in [5, 5.41) is 9.43. The lowest BCUT2D eigenvalue weighted by molar-refractivity contribution is 0.281. The lowest BCUT2D eigenvalue weighted by Crippen LogP contribution is -2.27. The minimum atomic E-state index is -3.23. The Balaban J connectivity index is 2.61. The van der Waals surface area contributed by atoms with Gasteiger partial charge in [-0.15, -0.1) is 0 Å². The van der Waals surface area contributed by atoms with Crippen LogP contribution < -0.4 is 4.31 Å². The molecule has 1 aromatic rings. The molecule has 0 aliphatic carbocycles. The molecule has 0 atom stereocenters. The standard InChI is InChI=1S/C13H19NO3S/c1-9(2)10-6-11(8-15)12-4-5-14(13(12)7-10)18(3,16)17/h6-7,9,15H,4-5,8H2,1-3H3. The van der Waals surface area contributed by atoms with Gasteiger partial charge >= 0.3 is 0 Å². The topological polar surface area (TPSA) is 57.6 Å². The summed E-state index contributed by atoms with van der Waals surface area (Å²) < 4.78 is 24.9. The van der Waals surface area contributed by atoms with Gasteiger partial charge in [0.15, 0.2) is 0 Å². The van der Waals surface area contributed by atoms with E-state index in [4.69, 9.17) is 0 Å². The average Bonchev–Trinajstić information content (AvgIpc) is 2.70. The second-order valence-electron chi connectivity index (χ2n) is 5.08. The van der Waals surface area contributed by atoms with E-state index in [9.17, 15) is 13.5 Å². The molecule has 0 aromatic heterocycles. The molecule has 0 amide bonds. The largest absolute Gasteiger partial charge is 0.392 e. The van der Waals surface area contributed by atoms with Gasteiger partial charge in [-0.3, -0.25) is 4.31 Å². The van der Waals surface area contributed by atoms with Gasteiger partial charge in [-0.2, -0.15) is 0 Å². The van der Waals surface area contributed by atoms with Gasteiger partial charge in [0.25, 0.3) is 0 Å². The molecular formula is C13H19NO3S. The molecule has 0 saturated carbocycles. The van der Waals surface area contributed by atoms with Crippen LogP contribution >= 0.6 is 0 Å². The first-order valence-electron chi connectivity index (χ1n) is 6.09. The second-order valence-corrected chi connectivity index (χ2v) is 6.98. The maximum atomic E-state index is 11.7. The van der Waals surface area contributed by atoms with Crippen molar-refractivity contribution in [3.63, 3.8) is 0 Å². The minimum absolute atomic E-state index is 0.0412. The number of aliphatic hydroxyl groups excluding tert-OH is 1. The van der Waals surface area contributed by atoms with Gasteiger partial charge in [0.2, 0.25) is 10.0 Å². The fourth-order valence-corrected chi connectivity index (χ4v) is 3.35. The Morgan fingerprint density at radius 1 is 1.39 bits per heavy atom. The number of benzene rings is 1. The van der Waals surface area contributed by atoms with Crippen LogP contribution in [-0.2, 0) is 23.1 Å². The number of hydrogen-bond acceptors (Lipinski definition) is 3. The zero-order valence-corrected chi connectivity index (χ0v) is 11.8. The number of rotatable bonds is 3. The van der Waals surface area contributed by atoms with Crippen LogP contribution in [0, 0.1) is 0 Å². The average molecular weight is 269 g/mol. The smallest absolute Gasteiger partial charge is 0.232 e. The van der Waals surface area contributed by atoms with Crippen molar-refractivity contribution in [2.24, 2.45) is 0 Å². The lowest BCUT2D eigenvalue weighted by atomic mass is 9.96. The van der Waals surface area contributed by atoms with Gasteiger partial charge in [0.05, 0.1) is 18.6 Å². The first-order chi connectivity index (χ1) is 8.34. The summed E-state index contributed by atoms with van der Waals surface area (Å²) in [5.74, 6) is 0.308. The fraction of sp³-hybridized carbons (Fsp3) is 0.538. The van der Waals surface area contributed by atoms with Crippen molar-refractivity contribution in [1.82, 2.24) is 0 Å². The molecule has 0 fully saturated rings. The molecule has 1 aliphatic rings. The first-order valence-corrected chi connectivity index (χ1v) is 7.93. The molecule has 0 saturated heterocycles. The molecule has 0 radical (unpaired) electrons. The SMILES string of the molecule is CC(C)c1cc(CO)c2c(c1)N(S(C)(=O)=O)CC2. The van der Waals surface area contributed by atoms with Crippen molar-refractivity contribution in [3.05, 3.63) is 28.8 Å². The third kappa shape index (κ3) is 2.24. The fourth-order valence-electron chi connectivity index (χ4n) is 2.40. The Labute approximate surface area is 108 Å². The summed E-state index contributed by atoms with van der Waals surface area (Å²) in [6.07, 6.45) is 1.90. The summed E-state index contributed by atoms with van der Waals surface area (Å²) in [5.41, 5.74) is 3.62. The Hall–Kier alpha value is -1.07. The highest BCUT2D eigenvalue weighted by Crippen LogP contribution is 2.35. The predicted molar refractivity (Wildman–Crippen MR) is 72.3 cm³/mol. The summed E-state index contributed by atoms with van der Waals surface area (Å²) in [6.45, 7) is 4.55. The van der Waals surface area contributed by atoms with Crippen molar-refractivity contribution < 1.29 is 13.5 Å². The second kappa shape index (κ2) is 4.55. The van der Waals surface area contributed by atoms with E-state index in [-0.39, 0.29) is 6.61 Å². The summed E-state index contributed by atoms with van der Waals surface area (Å²) in [6, 6.07) is 3.92. The third-order valence-electron chi connectivity index (χ3n) is 3.41. The quantitative estimate of drug-likeness (QED) is 0.907. The summed E-state index contributed by atoms with van der Waals surface area (Å²) in [4.78, 5) is 0. The van der Waals surface area contributed by atoms with E-state index in [2.05, 4.69) is 13.8 Å². The molecule has 100 valence electrons. The van der Waals surface area contributed by atoms with E-state index in [0.29, 0.717) is 18.9 Å². The maximum Gasteiger partial charge on any atom is 0.232 e. The summed E-state index contributed by atoms with van der Waals surface area (Å²) >= 11 is 0. The van der Waals surface area contributed by atoms with Crippen LogP contribution in [0.5, 0.6) is 0 Å². The molecule has 2 rings (SSSR count). The predicted octanol–water partition coefficient (Wildman–Crippen LogP) is 1.62. The number of anilines is 1. The van der Waals surface area contributed by atoms with Crippen LogP contribution in [0.4, 0.5) is 5.69 Å². The number of aliphatic hydroxyl groups is 1. The number of nitrogens with zero attached hydrogens (tertiary/aromatic N) is 1. The van der Waals surface area contributed by atoms with E-state index >= 15 is 0 Å². The van der Waals surface area contributed by atoms with Crippen LogP contribution in [0.25, 0.3) is 0 Å². The Morgan fingerprint density at radius 3 is 2.56 bits per heavy atom. The highest BCUT2D eigenvalue weighted by molar-refractivity contribution is 7.92. The van der Waals surface area contributed by atoms with Crippen LogP contribution in [0.1, 0.15) is 36.5 Å².